The molecule has 9 heteroatoms. The summed E-state index contributed by atoms with van der Waals surface area (Å²) in [6.07, 6.45) is 6.35. The van der Waals surface area contributed by atoms with E-state index in [1.165, 1.54) is 29.5 Å². The first kappa shape index (κ1) is 19.0. The Morgan fingerprint density at radius 2 is 2.07 bits per heavy atom. The third kappa shape index (κ3) is 4.88. The van der Waals surface area contributed by atoms with Crippen molar-refractivity contribution in [3.05, 3.63) is 51.5 Å². The lowest BCUT2D eigenvalue weighted by molar-refractivity contribution is -0.384. The molecule has 2 aromatic rings. The number of aromatic nitrogens is 1. The van der Waals surface area contributed by atoms with Gasteiger partial charge in [-0.05, 0) is 18.9 Å². The zero-order chi connectivity index (χ0) is 19.2. The molecule has 1 heterocycles. The number of nitro groups is 1. The number of amides is 2. The van der Waals surface area contributed by atoms with Crippen molar-refractivity contribution in [3.8, 4) is 0 Å². The van der Waals surface area contributed by atoms with Crippen LogP contribution in [-0.2, 0) is 4.79 Å². The molecule has 8 nitrogen and oxygen atoms in total. The molecule has 1 aromatic carbocycles. The number of nitro benzene ring substituents is 1. The fraction of sp³-hybridized carbons (Fsp3) is 0.389. The van der Waals surface area contributed by atoms with Crippen molar-refractivity contribution in [2.24, 2.45) is 0 Å². The Morgan fingerprint density at radius 1 is 1.30 bits per heavy atom. The van der Waals surface area contributed by atoms with Crippen LogP contribution in [-0.4, -0.2) is 39.2 Å². The largest absolute Gasteiger partial charge is 0.326 e. The van der Waals surface area contributed by atoms with Gasteiger partial charge >= 0.3 is 0 Å². The minimum absolute atomic E-state index is 0.0486. The summed E-state index contributed by atoms with van der Waals surface area (Å²) < 4.78 is 0. The number of anilines is 1. The molecule has 27 heavy (non-hydrogen) atoms. The van der Waals surface area contributed by atoms with Gasteiger partial charge in [0, 0.05) is 35.3 Å². The summed E-state index contributed by atoms with van der Waals surface area (Å²) >= 11 is 1.30. The van der Waals surface area contributed by atoms with Gasteiger partial charge < -0.3 is 10.2 Å². The van der Waals surface area contributed by atoms with Crippen LogP contribution in [0.3, 0.4) is 0 Å². The van der Waals surface area contributed by atoms with Gasteiger partial charge in [-0.2, -0.15) is 0 Å². The fourth-order valence-electron chi connectivity index (χ4n) is 3.28. The van der Waals surface area contributed by atoms with Gasteiger partial charge in [0.1, 0.15) is 6.54 Å². The van der Waals surface area contributed by atoms with E-state index in [0.29, 0.717) is 5.13 Å². The SMILES string of the molecule is O=C(CN(C(=O)c1cccc([N+](=O)[O-])c1)C1CCCCC1)Nc1nccs1. The maximum Gasteiger partial charge on any atom is 0.270 e. The highest BCUT2D eigenvalue weighted by Crippen LogP contribution is 2.25. The standard InChI is InChI=1S/C18H20N4O4S/c23-16(20-18-19-9-10-27-18)12-21(14-6-2-1-3-7-14)17(24)13-5-4-8-15(11-13)22(25)26/h4-5,8-11,14H,1-3,6-7,12H2,(H,19,20,23). The summed E-state index contributed by atoms with van der Waals surface area (Å²) in [6.45, 7) is -0.105. The highest BCUT2D eigenvalue weighted by molar-refractivity contribution is 7.13. The molecule has 1 saturated carbocycles. The number of nitrogens with one attached hydrogen (secondary N) is 1. The molecule has 0 radical (unpaired) electrons. The van der Waals surface area contributed by atoms with Gasteiger partial charge in [0.2, 0.25) is 5.91 Å². The number of nitrogens with zero attached hydrogens (tertiary/aromatic N) is 3. The maximum atomic E-state index is 13.1. The summed E-state index contributed by atoms with van der Waals surface area (Å²) in [5.41, 5.74) is 0.0773. The van der Waals surface area contributed by atoms with Crippen LogP contribution in [0.5, 0.6) is 0 Å². The molecule has 1 aliphatic rings. The Kier molecular flexibility index (Phi) is 6.12. The number of hydrogen-bond donors (Lipinski definition) is 1. The van der Waals surface area contributed by atoms with Crippen molar-refractivity contribution in [3.63, 3.8) is 0 Å². The van der Waals surface area contributed by atoms with Crippen LogP contribution in [0.1, 0.15) is 42.5 Å². The minimum atomic E-state index is -0.531. The van der Waals surface area contributed by atoms with Crippen LogP contribution in [0.15, 0.2) is 35.8 Å². The second-order valence-corrected chi connectivity index (χ2v) is 7.31. The Bertz CT molecular complexity index is 819. The second-order valence-electron chi connectivity index (χ2n) is 6.42. The lowest BCUT2D eigenvalue weighted by Crippen LogP contribution is -2.45. The van der Waals surface area contributed by atoms with Crippen molar-refractivity contribution in [2.75, 3.05) is 11.9 Å². The summed E-state index contributed by atoms with van der Waals surface area (Å²) in [5, 5.41) is 15.9. The minimum Gasteiger partial charge on any atom is -0.326 e. The van der Waals surface area contributed by atoms with E-state index in [-0.39, 0.29) is 35.7 Å². The van der Waals surface area contributed by atoms with Crippen LogP contribution in [0, 0.1) is 10.1 Å². The van der Waals surface area contributed by atoms with Gasteiger partial charge in [0.15, 0.2) is 5.13 Å². The van der Waals surface area contributed by atoms with Crippen molar-refractivity contribution in [1.82, 2.24) is 9.88 Å². The molecule has 1 aliphatic carbocycles. The molecule has 0 aliphatic heterocycles. The molecule has 1 fully saturated rings. The number of thiazole rings is 1. The third-order valence-electron chi connectivity index (χ3n) is 4.57. The highest BCUT2D eigenvalue weighted by atomic mass is 32.1. The van der Waals surface area contributed by atoms with Crippen LogP contribution >= 0.6 is 11.3 Å². The molecule has 0 spiro atoms. The zero-order valence-corrected chi connectivity index (χ0v) is 15.5. The number of carbonyl (C=O) groups excluding carboxylic acids is 2. The summed E-state index contributed by atoms with van der Waals surface area (Å²) in [5.74, 6) is -0.686. The first-order valence-electron chi connectivity index (χ1n) is 8.79. The number of carbonyl (C=O) groups is 2. The van der Waals surface area contributed by atoms with Crippen molar-refractivity contribution in [1.29, 1.82) is 0 Å². The van der Waals surface area contributed by atoms with Gasteiger partial charge in [-0.25, -0.2) is 4.98 Å². The molecule has 3 rings (SSSR count). The van der Waals surface area contributed by atoms with E-state index in [4.69, 9.17) is 0 Å². The lowest BCUT2D eigenvalue weighted by atomic mass is 9.93. The summed E-state index contributed by atoms with van der Waals surface area (Å²) in [6, 6.07) is 5.59. The Morgan fingerprint density at radius 3 is 2.74 bits per heavy atom. The molecule has 0 bridgehead atoms. The quantitative estimate of drug-likeness (QED) is 0.602. The zero-order valence-electron chi connectivity index (χ0n) is 14.7. The van der Waals surface area contributed by atoms with Crippen LogP contribution in [0.25, 0.3) is 0 Å². The van der Waals surface area contributed by atoms with E-state index in [9.17, 15) is 19.7 Å². The molecule has 1 N–H and O–H groups in total. The van der Waals surface area contributed by atoms with E-state index in [1.54, 1.807) is 22.5 Å². The number of benzene rings is 1. The average molecular weight is 388 g/mol. The van der Waals surface area contributed by atoms with Gasteiger partial charge in [0.05, 0.1) is 4.92 Å². The molecular formula is C18H20N4O4S. The summed E-state index contributed by atoms with van der Waals surface area (Å²) in [7, 11) is 0. The molecule has 142 valence electrons. The van der Waals surface area contributed by atoms with Crippen LogP contribution in [0.2, 0.25) is 0 Å². The molecular weight excluding hydrogens is 368 g/mol. The molecule has 1 aromatic heterocycles. The summed E-state index contributed by atoms with van der Waals surface area (Å²) in [4.78, 5) is 41.5. The van der Waals surface area contributed by atoms with Crippen molar-refractivity contribution >= 4 is 34.0 Å². The van der Waals surface area contributed by atoms with Gasteiger partial charge in [-0.3, -0.25) is 19.7 Å². The van der Waals surface area contributed by atoms with E-state index in [1.807, 2.05) is 0 Å². The van der Waals surface area contributed by atoms with Crippen LogP contribution in [0.4, 0.5) is 10.8 Å². The first-order chi connectivity index (χ1) is 13.0. The van der Waals surface area contributed by atoms with Crippen molar-refractivity contribution in [2.45, 2.75) is 38.1 Å². The Labute approximate surface area is 160 Å². The predicted molar refractivity (Wildman–Crippen MR) is 102 cm³/mol. The van der Waals surface area contributed by atoms with Gasteiger partial charge in [-0.1, -0.05) is 25.3 Å². The van der Waals surface area contributed by atoms with Gasteiger partial charge in [-0.15, -0.1) is 11.3 Å². The first-order valence-corrected chi connectivity index (χ1v) is 9.67. The highest BCUT2D eigenvalue weighted by Gasteiger charge is 2.29. The van der Waals surface area contributed by atoms with Crippen LogP contribution < -0.4 is 5.32 Å². The molecule has 0 unspecified atom stereocenters. The van der Waals surface area contributed by atoms with E-state index >= 15 is 0 Å². The maximum absolute atomic E-state index is 13.1. The smallest absolute Gasteiger partial charge is 0.270 e. The number of rotatable bonds is 6. The fourth-order valence-corrected chi connectivity index (χ4v) is 3.82. The Balaban J connectivity index is 1.80. The topological polar surface area (TPSA) is 105 Å². The number of hydrogen-bond acceptors (Lipinski definition) is 6. The second kappa shape index (κ2) is 8.72. The molecule has 0 saturated heterocycles. The van der Waals surface area contributed by atoms with E-state index < -0.39 is 4.92 Å². The molecule has 0 atom stereocenters. The third-order valence-corrected chi connectivity index (χ3v) is 5.26. The monoisotopic (exact) mass is 388 g/mol. The normalized spacial score (nSPS) is 14.5. The number of non-ortho nitro benzene ring substituents is 1. The van der Waals surface area contributed by atoms with Gasteiger partial charge in [0.25, 0.3) is 11.6 Å². The van der Waals surface area contributed by atoms with E-state index in [2.05, 4.69) is 10.3 Å². The predicted octanol–water partition coefficient (Wildman–Crippen LogP) is 3.46. The lowest BCUT2D eigenvalue weighted by Gasteiger charge is -2.34. The van der Waals surface area contributed by atoms with E-state index in [0.717, 1.165) is 32.1 Å². The Hall–Kier alpha value is -2.81. The molecule has 2 amide bonds. The average Bonchev–Trinajstić information content (AvgIpc) is 3.19. The van der Waals surface area contributed by atoms with Crippen molar-refractivity contribution < 1.29 is 14.5 Å².